The van der Waals surface area contributed by atoms with E-state index in [4.69, 9.17) is 4.42 Å². The van der Waals surface area contributed by atoms with Crippen molar-refractivity contribution in [2.45, 2.75) is 0 Å². The second-order valence-corrected chi connectivity index (χ2v) is 13.4. The van der Waals surface area contributed by atoms with Crippen LogP contribution >= 0.6 is 0 Å². The summed E-state index contributed by atoms with van der Waals surface area (Å²) in [6.45, 7) is 0. The van der Waals surface area contributed by atoms with E-state index in [0.717, 1.165) is 39.0 Å². The van der Waals surface area contributed by atoms with Crippen LogP contribution in [0, 0.1) is 0 Å². The minimum atomic E-state index is 0.874. The second-order valence-electron chi connectivity index (χ2n) is 13.4. The molecule has 0 N–H and O–H groups in total. The molecule has 3 heteroatoms. The first kappa shape index (κ1) is 28.0. The first-order valence-corrected chi connectivity index (χ1v) is 17.4. The minimum absolute atomic E-state index is 0.874. The van der Waals surface area contributed by atoms with Crippen molar-refractivity contribution in [2.24, 2.45) is 0 Å². The summed E-state index contributed by atoms with van der Waals surface area (Å²) >= 11 is 0. The van der Waals surface area contributed by atoms with Crippen LogP contribution in [0.3, 0.4) is 0 Å². The van der Waals surface area contributed by atoms with E-state index in [1.165, 1.54) is 59.8 Å². The molecule has 0 aliphatic carbocycles. The predicted molar refractivity (Wildman–Crippen MR) is 215 cm³/mol. The van der Waals surface area contributed by atoms with E-state index in [-0.39, 0.29) is 0 Å². The summed E-state index contributed by atoms with van der Waals surface area (Å²) in [6, 6.07) is 65.6. The fourth-order valence-corrected chi connectivity index (χ4v) is 8.18. The van der Waals surface area contributed by atoms with Gasteiger partial charge in [-0.25, -0.2) is 0 Å². The van der Waals surface area contributed by atoms with Crippen molar-refractivity contribution >= 4 is 93.1 Å². The van der Waals surface area contributed by atoms with Gasteiger partial charge in [0, 0.05) is 32.9 Å². The Labute approximate surface area is 293 Å². The highest BCUT2D eigenvalue weighted by Gasteiger charge is 2.22. The van der Waals surface area contributed by atoms with Crippen LogP contribution in [0.25, 0.3) is 81.7 Å². The Kier molecular flexibility index (Phi) is 5.96. The number of furan rings is 1. The lowest BCUT2D eigenvalue weighted by atomic mass is 10.0. The molecule has 0 atom stereocenters. The predicted octanol–water partition coefficient (Wildman–Crippen LogP) is 13.6. The smallest absolute Gasteiger partial charge is 0.137 e. The summed E-state index contributed by atoms with van der Waals surface area (Å²) in [6.07, 6.45) is 0. The number of fused-ring (bicyclic) bond motifs is 9. The van der Waals surface area contributed by atoms with Crippen molar-refractivity contribution in [1.82, 2.24) is 4.57 Å². The quantitative estimate of drug-likeness (QED) is 0.189. The van der Waals surface area contributed by atoms with Gasteiger partial charge in [0.25, 0.3) is 0 Å². The zero-order valence-electron chi connectivity index (χ0n) is 27.6. The summed E-state index contributed by atoms with van der Waals surface area (Å²) in [4.78, 5) is 2.38. The van der Waals surface area contributed by atoms with E-state index < -0.39 is 0 Å². The molecule has 11 rings (SSSR count). The van der Waals surface area contributed by atoms with E-state index in [0.29, 0.717) is 0 Å². The van der Waals surface area contributed by atoms with Crippen LogP contribution in [0.4, 0.5) is 17.1 Å². The number of hydrogen-bond acceptors (Lipinski definition) is 2. The average Bonchev–Trinajstić information content (AvgIpc) is 3.71. The zero-order valence-corrected chi connectivity index (χ0v) is 27.6. The fraction of sp³-hybridized carbons (Fsp3) is 0. The third-order valence-electron chi connectivity index (χ3n) is 10.5. The maximum Gasteiger partial charge on any atom is 0.137 e. The number of aromatic nitrogens is 1. The van der Waals surface area contributed by atoms with E-state index in [9.17, 15) is 0 Å². The molecular weight excluding hydrogens is 621 g/mol. The molecule has 0 saturated carbocycles. The van der Waals surface area contributed by atoms with E-state index in [1.807, 2.05) is 0 Å². The van der Waals surface area contributed by atoms with Gasteiger partial charge < -0.3 is 13.9 Å². The lowest BCUT2D eigenvalue weighted by molar-refractivity contribution is 0.669. The molecule has 0 saturated heterocycles. The molecule has 0 fully saturated rings. The fourth-order valence-electron chi connectivity index (χ4n) is 8.18. The number of rotatable bonds is 4. The largest absolute Gasteiger partial charge is 0.456 e. The Morgan fingerprint density at radius 1 is 0.373 bits per heavy atom. The van der Waals surface area contributed by atoms with Crippen LogP contribution < -0.4 is 4.90 Å². The van der Waals surface area contributed by atoms with Crippen molar-refractivity contribution < 1.29 is 4.42 Å². The molecular formula is C48H30N2O. The third-order valence-corrected chi connectivity index (χ3v) is 10.5. The molecule has 0 radical (unpaired) electrons. The van der Waals surface area contributed by atoms with Crippen LogP contribution in [0.15, 0.2) is 186 Å². The Morgan fingerprint density at radius 2 is 1.00 bits per heavy atom. The molecule has 9 aromatic carbocycles. The van der Waals surface area contributed by atoms with Crippen molar-refractivity contribution in [2.75, 3.05) is 4.90 Å². The van der Waals surface area contributed by atoms with Crippen LogP contribution in [0.5, 0.6) is 0 Å². The summed E-state index contributed by atoms with van der Waals surface area (Å²) < 4.78 is 9.00. The van der Waals surface area contributed by atoms with Crippen LogP contribution in [0.2, 0.25) is 0 Å². The molecule has 3 nitrogen and oxygen atoms in total. The van der Waals surface area contributed by atoms with Gasteiger partial charge in [0.1, 0.15) is 11.2 Å². The zero-order chi connectivity index (χ0) is 33.5. The van der Waals surface area contributed by atoms with Crippen molar-refractivity contribution in [3.63, 3.8) is 0 Å². The Balaban J connectivity index is 1.22. The van der Waals surface area contributed by atoms with Crippen molar-refractivity contribution in [1.29, 1.82) is 0 Å². The summed E-state index contributed by atoms with van der Waals surface area (Å²) in [5.74, 6) is 0. The molecule has 0 bridgehead atoms. The molecule has 0 unspecified atom stereocenters. The Bertz CT molecular complexity index is 3150. The van der Waals surface area contributed by atoms with Gasteiger partial charge in [-0.15, -0.1) is 0 Å². The van der Waals surface area contributed by atoms with Crippen LogP contribution in [-0.2, 0) is 0 Å². The molecule has 0 aliphatic heterocycles. The first-order valence-electron chi connectivity index (χ1n) is 17.4. The van der Waals surface area contributed by atoms with E-state index in [2.05, 4.69) is 191 Å². The molecule has 2 heterocycles. The van der Waals surface area contributed by atoms with Gasteiger partial charge in [0.2, 0.25) is 0 Å². The summed E-state index contributed by atoms with van der Waals surface area (Å²) in [5, 5.41) is 11.9. The van der Waals surface area contributed by atoms with E-state index in [1.54, 1.807) is 0 Å². The number of hydrogen-bond donors (Lipinski definition) is 0. The Hall–Kier alpha value is -6.84. The average molecular weight is 651 g/mol. The van der Waals surface area contributed by atoms with Crippen LogP contribution in [-0.4, -0.2) is 4.57 Å². The molecule has 11 aromatic rings. The highest BCUT2D eigenvalue weighted by molar-refractivity contribution is 6.18. The first-order chi connectivity index (χ1) is 25.3. The third kappa shape index (κ3) is 4.25. The van der Waals surface area contributed by atoms with Gasteiger partial charge in [-0.3, -0.25) is 0 Å². The lowest BCUT2D eigenvalue weighted by Gasteiger charge is -2.26. The highest BCUT2D eigenvalue weighted by Crippen LogP contribution is 2.45. The summed E-state index contributed by atoms with van der Waals surface area (Å²) in [7, 11) is 0. The monoisotopic (exact) mass is 650 g/mol. The molecule has 51 heavy (non-hydrogen) atoms. The van der Waals surface area contributed by atoms with Crippen LogP contribution in [0.1, 0.15) is 0 Å². The molecule has 0 spiro atoms. The molecule has 238 valence electrons. The van der Waals surface area contributed by atoms with Crippen molar-refractivity contribution in [3.8, 4) is 5.69 Å². The van der Waals surface area contributed by atoms with Crippen molar-refractivity contribution in [3.05, 3.63) is 182 Å². The SMILES string of the molecule is c1ccc(N(c2ccc3c(c2)c2cc4ccccc4cc2n3-c2cccc3ccccc23)c2cccc3oc4cc5ccccc5cc4c23)cc1. The topological polar surface area (TPSA) is 21.3 Å². The van der Waals surface area contributed by atoms with Gasteiger partial charge >= 0.3 is 0 Å². The number of anilines is 3. The van der Waals surface area contributed by atoms with Gasteiger partial charge in [0.05, 0.1) is 27.8 Å². The standard InChI is InChI=1S/C48H30N2O/c1-2-18-36(19-3-1)49(44-22-11-23-46-48(44)41-27-33-14-5-7-16-35(33)29-47(41)51-46)37-24-25-43-40(30-37)39-26-32-13-4-6-15-34(32)28-45(39)50(43)42-21-10-17-31-12-8-9-20-38(31)42/h1-30H. The van der Waals surface area contributed by atoms with E-state index >= 15 is 0 Å². The number of para-hydroxylation sites is 1. The lowest BCUT2D eigenvalue weighted by Crippen LogP contribution is -2.10. The van der Waals surface area contributed by atoms with Gasteiger partial charge in [-0.1, -0.05) is 109 Å². The van der Waals surface area contributed by atoms with Gasteiger partial charge in [-0.2, -0.15) is 0 Å². The molecule has 2 aromatic heterocycles. The normalized spacial score (nSPS) is 11.9. The number of benzene rings is 9. The van der Waals surface area contributed by atoms with Gasteiger partial charge in [0.15, 0.2) is 0 Å². The molecule has 0 aliphatic rings. The number of nitrogens with zero attached hydrogens (tertiary/aromatic N) is 2. The van der Waals surface area contributed by atoms with Gasteiger partial charge in [-0.05, 0) is 99.7 Å². The molecule has 0 amide bonds. The summed E-state index contributed by atoms with van der Waals surface area (Å²) in [5.41, 5.74) is 8.56. The second kappa shape index (κ2) is 10.8. The minimum Gasteiger partial charge on any atom is -0.456 e. The highest BCUT2D eigenvalue weighted by atomic mass is 16.3. The maximum atomic E-state index is 6.55. The Morgan fingerprint density at radius 3 is 1.80 bits per heavy atom. The maximum absolute atomic E-state index is 6.55.